The first-order valence-corrected chi connectivity index (χ1v) is 14.6. The molecule has 3 heterocycles. The summed E-state index contributed by atoms with van der Waals surface area (Å²) >= 11 is 0. The Labute approximate surface area is 251 Å². The fraction of sp³-hybridized carbons (Fsp3) is 0. The van der Waals surface area contributed by atoms with Crippen molar-refractivity contribution in [3.63, 3.8) is 0 Å². The van der Waals surface area contributed by atoms with Crippen LogP contribution in [0.5, 0.6) is 0 Å². The first kappa shape index (κ1) is 24.5. The van der Waals surface area contributed by atoms with Crippen LogP contribution >= 0.6 is 0 Å². The maximum atomic E-state index is 14.3. The van der Waals surface area contributed by atoms with Crippen molar-refractivity contribution < 1.29 is 0 Å². The van der Waals surface area contributed by atoms with Gasteiger partial charge in [-0.1, -0.05) is 91.0 Å². The highest BCUT2D eigenvalue weighted by atomic mass is 16.1. The second-order valence-corrected chi connectivity index (χ2v) is 11.0. The predicted octanol–water partition coefficient (Wildman–Crippen LogP) is 8.83. The summed E-state index contributed by atoms with van der Waals surface area (Å²) in [7, 11) is 0. The molecule has 0 amide bonds. The number of hydrogen-bond donors (Lipinski definition) is 0. The van der Waals surface area contributed by atoms with Gasteiger partial charge in [-0.15, -0.1) is 0 Å². The van der Waals surface area contributed by atoms with Crippen LogP contribution in [0.3, 0.4) is 0 Å². The van der Waals surface area contributed by atoms with Gasteiger partial charge in [0.2, 0.25) is 0 Å². The van der Waals surface area contributed by atoms with Crippen molar-refractivity contribution >= 4 is 49.3 Å². The third kappa shape index (κ3) is 3.63. The molecule has 0 aliphatic heterocycles. The molecule has 0 spiro atoms. The molecule has 206 valence electrons. The molecule has 5 heteroatoms. The Hall–Kier alpha value is -6.07. The Morgan fingerprint density at radius 1 is 0.455 bits per heavy atom. The second-order valence-electron chi connectivity index (χ2n) is 11.0. The van der Waals surface area contributed by atoms with Crippen LogP contribution in [0.4, 0.5) is 0 Å². The zero-order chi connectivity index (χ0) is 29.2. The van der Waals surface area contributed by atoms with Crippen LogP contribution in [0.15, 0.2) is 150 Å². The topological polar surface area (TPSA) is 52.2 Å². The van der Waals surface area contributed by atoms with Crippen molar-refractivity contribution in [3.8, 4) is 28.2 Å². The van der Waals surface area contributed by atoms with Gasteiger partial charge in [0.15, 0.2) is 5.65 Å². The van der Waals surface area contributed by atoms with Gasteiger partial charge >= 0.3 is 0 Å². The second kappa shape index (κ2) is 9.48. The molecule has 5 nitrogen and oxygen atoms in total. The van der Waals surface area contributed by atoms with Crippen LogP contribution in [0.2, 0.25) is 0 Å². The lowest BCUT2D eigenvalue weighted by Crippen LogP contribution is -2.19. The first-order chi connectivity index (χ1) is 21.7. The molecule has 9 rings (SSSR count). The Kier molecular flexibility index (Phi) is 5.28. The fourth-order valence-electron chi connectivity index (χ4n) is 6.46. The van der Waals surface area contributed by atoms with Crippen molar-refractivity contribution in [1.82, 2.24) is 18.9 Å². The zero-order valence-electron chi connectivity index (χ0n) is 23.6. The molecule has 3 aromatic heterocycles. The van der Waals surface area contributed by atoms with E-state index >= 15 is 0 Å². The SMILES string of the molecule is O=c1c2cc(-c3ccc4c(c3)c3ccccc3n4-c3ccccc3)ccc2nc2c3ccccc3nc(-c3ccccc3)n12. The first-order valence-electron chi connectivity index (χ1n) is 14.6. The Morgan fingerprint density at radius 2 is 1.07 bits per heavy atom. The molecule has 0 aliphatic carbocycles. The van der Waals surface area contributed by atoms with Crippen LogP contribution in [-0.2, 0) is 0 Å². The summed E-state index contributed by atoms with van der Waals surface area (Å²) in [5.74, 6) is 0.583. The van der Waals surface area contributed by atoms with E-state index in [4.69, 9.17) is 9.97 Å². The fourth-order valence-corrected chi connectivity index (χ4v) is 6.46. The number of hydrogen-bond acceptors (Lipinski definition) is 3. The van der Waals surface area contributed by atoms with Crippen molar-refractivity contribution in [2.24, 2.45) is 0 Å². The monoisotopic (exact) mass is 564 g/mol. The summed E-state index contributed by atoms with van der Waals surface area (Å²) in [6.07, 6.45) is 0. The van der Waals surface area contributed by atoms with E-state index in [2.05, 4.69) is 77.4 Å². The zero-order valence-corrected chi connectivity index (χ0v) is 23.6. The number of benzene rings is 6. The molecule has 0 bridgehead atoms. The molecule has 0 saturated carbocycles. The molecule has 44 heavy (non-hydrogen) atoms. The van der Waals surface area contributed by atoms with Gasteiger partial charge < -0.3 is 4.57 Å². The average Bonchev–Trinajstić information content (AvgIpc) is 3.42. The van der Waals surface area contributed by atoms with Crippen LogP contribution in [0, 0.1) is 0 Å². The van der Waals surface area contributed by atoms with Gasteiger partial charge in [-0.05, 0) is 65.7 Å². The lowest BCUT2D eigenvalue weighted by Gasteiger charge is -2.13. The average molecular weight is 565 g/mol. The predicted molar refractivity (Wildman–Crippen MR) is 179 cm³/mol. The number of aromatic nitrogens is 4. The summed E-state index contributed by atoms with van der Waals surface area (Å²) in [6, 6.07) is 49.2. The van der Waals surface area contributed by atoms with Crippen LogP contribution < -0.4 is 5.56 Å². The summed E-state index contributed by atoms with van der Waals surface area (Å²) < 4.78 is 3.97. The Morgan fingerprint density at radius 3 is 1.89 bits per heavy atom. The standard InChI is InChI=1S/C39H24N4O/c44-39-32-24-26(27-20-22-36-31(23-27)29-15-8-10-18-35(29)42(36)28-13-5-2-6-14-28)19-21-34(32)41-38-30-16-7-9-17-33(30)40-37(43(38)39)25-11-3-1-4-12-25/h1-24H. The van der Waals surface area contributed by atoms with Gasteiger partial charge in [-0.2, -0.15) is 0 Å². The van der Waals surface area contributed by atoms with Crippen molar-refractivity contribution in [2.45, 2.75) is 0 Å². The van der Waals surface area contributed by atoms with Gasteiger partial charge in [-0.3, -0.25) is 4.79 Å². The molecule has 0 unspecified atom stereocenters. The van der Waals surface area contributed by atoms with Gasteiger partial charge in [0.1, 0.15) is 5.82 Å². The smallest absolute Gasteiger partial charge is 0.267 e. The van der Waals surface area contributed by atoms with Crippen molar-refractivity contribution in [1.29, 1.82) is 0 Å². The van der Waals surface area contributed by atoms with Gasteiger partial charge in [0.05, 0.1) is 27.5 Å². The van der Waals surface area contributed by atoms with Crippen molar-refractivity contribution in [2.75, 3.05) is 0 Å². The van der Waals surface area contributed by atoms with E-state index in [1.807, 2.05) is 72.8 Å². The maximum absolute atomic E-state index is 14.3. The summed E-state index contributed by atoms with van der Waals surface area (Å²) in [4.78, 5) is 24.3. The summed E-state index contributed by atoms with van der Waals surface area (Å²) in [6.45, 7) is 0. The highest BCUT2D eigenvalue weighted by Gasteiger charge is 2.17. The third-order valence-corrected chi connectivity index (χ3v) is 8.50. The minimum atomic E-state index is -0.134. The summed E-state index contributed by atoms with van der Waals surface area (Å²) in [5.41, 5.74) is 8.23. The Bertz CT molecular complexity index is 2620. The van der Waals surface area contributed by atoms with Crippen LogP contribution in [-0.4, -0.2) is 18.9 Å². The van der Waals surface area contributed by atoms with Crippen molar-refractivity contribution in [3.05, 3.63) is 156 Å². The van der Waals surface area contributed by atoms with E-state index in [-0.39, 0.29) is 5.56 Å². The maximum Gasteiger partial charge on any atom is 0.267 e. The molecular weight excluding hydrogens is 540 g/mol. The van der Waals surface area contributed by atoms with Crippen LogP contribution in [0.1, 0.15) is 0 Å². The van der Waals surface area contributed by atoms with E-state index in [1.54, 1.807) is 4.40 Å². The third-order valence-electron chi connectivity index (χ3n) is 8.50. The minimum Gasteiger partial charge on any atom is -0.309 e. The molecule has 0 aliphatic rings. The lowest BCUT2D eigenvalue weighted by molar-refractivity contribution is 1.05. The lowest BCUT2D eigenvalue weighted by atomic mass is 10.0. The van der Waals surface area contributed by atoms with Gasteiger partial charge in [-0.25, -0.2) is 14.4 Å². The van der Waals surface area contributed by atoms with Gasteiger partial charge in [0.25, 0.3) is 5.56 Å². The molecule has 0 N–H and O–H groups in total. The molecule has 0 saturated heterocycles. The van der Waals surface area contributed by atoms with Crippen LogP contribution in [0.25, 0.3) is 77.5 Å². The van der Waals surface area contributed by atoms with E-state index in [0.29, 0.717) is 22.4 Å². The Balaban J connectivity index is 1.29. The summed E-state index contributed by atoms with van der Waals surface area (Å²) in [5, 5.41) is 3.75. The largest absolute Gasteiger partial charge is 0.309 e. The highest BCUT2D eigenvalue weighted by Crippen LogP contribution is 2.35. The number of rotatable bonds is 3. The highest BCUT2D eigenvalue weighted by molar-refractivity contribution is 6.10. The normalized spacial score (nSPS) is 11.7. The quantitative estimate of drug-likeness (QED) is 0.159. The van der Waals surface area contributed by atoms with E-state index < -0.39 is 0 Å². The molecule has 6 aromatic carbocycles. The molecule has 0 fully saturated rings. The van der Waals surface area contributed by atoms with E-state index in [0.717, 1.165) is 49.7 Å². The molecular formula is C39H24N4O. The van der Waals surface area contributed by atoms with Gasteiger partial charge in [0, 0.05) is 27.4 Å². The molecule has 9 aromatic rings. The molecule has 0 atom stereocenters. The molecule has 0 radical (unpaired) electrons. The van der Waals surface area contributed by atoms with E-state index in [1.165, 1.54) is 5.39 Å². The van der Waals surface area contributed by atoms with E-state index in [9.17, 15) is 4.79 Å². The minimum absolute atomic E-state index is 0.134. The number of para-hydroxylation sites is 3. The number of fused-ring (bicyclic) bond motifs is 7. The number of nitrogens with zero attached hydrogens (tertiary/aromatic N) is 4.